The van der Waals surface area contributed by atoms with E-state index in [-0.39, 0.29) is 12.0 Å². The topological polar surface area (TPSA) is 65.4 Å². The largest absolute Gasteiger partial charge is 0.491 e. The van der Waals surface area contributed by atoms with E-state index in [1.165, 1.54) is 0 Å². The molecule has 1 unspecified atom stereocenters. The van der Waals surface area contributed by atoms with Crippen LogP contribution in [0.3, 0.4) is 0 Å². The Kier molecular flexibility index (Phi) is 4.85. The van der Waals surface area contributed by atoms with E-state index < -0.39 is 0 Å². The van der Waals surface area contributed by atoms with Crippen LogP contribution in [0.2, 0.25) is 0 Å². The first-order valence-corrected chi connectivity index (χ1v) is 8.20. The standard InChI is InChI=1S/C18H23N3O3/c1-12-17(13(2)21(3)20-12)19-18(22)14-6-8-15(9-7-14)24-11-16-5-4-10-23-16/h6-9,16H,4-5,10-11H2,1-3H3,(H,19,22). The summed E-state index contributed by atoms with van der Waals surface area (Å²) in [6, 6.07) is 7.15. The average molecular weight is 329 g/mol. The molecule has 1 aliphatic rings. The average Bonchev–Trinajstić information content (AvgIpc) is 3.18. The second kappa shape index (κ2) is 7.05. The number of rotatable bonds is 5. The normalized spacial score (nSPS) is 17.0. The van der Waals surface area contributed by atoms with Gasteiger partial charge in [0.2, 0.25) is 0 Å². The monoisotopic (exact) mass is 329 g/mol. The van der Waals surface area contributed by atoms with Gasteiger partial charge in [0.05, 0.1) is 23.2 Å². The van der Waals surface area contributed by atoms with E-state index >= 15 is 0 Å². The Labute approximate surface area is 141 Å². The number of amides is 1. The first-order valence-electron chi connectivity index (χ1n) is 8.20. The number of anilines is 1. The lowest BCUT2D eigenvalue weighted by Crippen LogP contribution is -2.16. The van der Waals surface area contributed by atoms with Crippen molar-refractivity contribution in [2.75, 3.05) is 18.5 Å². The maximum Gasteiger partial charge on any atom is 0.255 e. The van der Waals surface area contributed by atoms with Gasteiger partial charge in [0.15, 0.2) is 0 Å². The van der Waals surface area contributed by atoms with Crippen LogP contribution in [0.25, 0.3) is 0 Å². The van der Waals surface area contributed by atoms with E-state index in [0.29, 0.717) is 12.2 Å². The number of nitrogens with one attached hydrogen (secondary N) is 1. The molecule has 1 saturated heterocycles. The zero-order valence-electron chi connectivity index (χ0n) is 14.3. The number of nitrogens with zero attached hydrogens (tertiary/aromatic N) is 2. The number of hydrogen-bond acceptors (Lipinski definition) is 4. The second-order valence-corrected chi connectivity index (χ2v) is 6.09. The van der Waals surface area contributed by atoms with Gasteiger partial charge in [-0.05, 0) is 51.0 Å². The van der Waals surface area contributed by atoms with Crippen LogP contribution >= 0.6 is 0 Å². The summed E-state index contributed by atoms with van der Waals surface area (Å²) < 4.78 is 13.0. The minimum absolute atomic E-state index is 0.153. The highest BCUT2D eigenvalue weighted by molar-refractivity contribution is 6.04. The van der Waals surface area contributed by atoms with Crippen molar-refractivity contribution < 1.29 is 14.3 Å². The van der Waals surface area contributed by atoms with Gasteiger partial charge < -0.3 is 14.8 Å². The first kappa shape index (κ1) is 16.5. The molecule has 1 fully saturated rings. The molecule has 1 aromatic heterocycles. The van der Waals surface area contributed by atoms with Crippen LogP contribution in [0.4, 0.5) is 5.69 Å². The molecule has 0 saturated carbocycles. The predicted octanol–water partition coefficient (Wildman–Crippen LogP) is 2.85. The molecule has 6 nitrogen and oxygen atoms in total. The summed E-state index contributed by atoms with van der Waals surface area (Å²) in [5.74, 6) is 0.593. The number of ether oxygens (including phenoxy) is 2. The lowest BCUT2D eigenvalue weighted by atomic mass is 10.2. The van der Waals surface area contributed by atoms with E-state index in [4.69, 9.17) is 9.47 Å². The third-order valence-electron chi connectivity index (χ3n) is 4.32. The minimum atomic E-state index is -0.153. The van der Waals surface area contributed by atoms with E-state index in [9.17, 15) is 4.79 Å². The van der Waals surface area contributed by atoms with Crippen molar-refractivity contribution in [3.63, 3.8) is 0 Å². The molecular weight excluding hydrogens is 306 g/mol. The molecule has 1 aliphatic heterocycles. The number of hydrogen-bond donors (Lipinski definition) is 1. The number of aryl methyl sites for hydroxylation is 2. The van der Waals surface area contributed by atoms with Crippen molar-refractivity contribution in [1.29, 1.82) is 0 Å². The van der Waals surface area contributed by atoms with Crippen molar-refractivity contribution in [2.24, 2.45) is 7.05 Å². The van der Waals surface area contributed by atoms with Gasteiger partial charge in [0.1, 0.15) is 12.4 Å². The molecule has 24 heavy (non-hydrogen) atoms. The lowest BCUT2D eigenvalue weighted by molar-refractivity contribution is 0.0679. The molecule has 0 spiro atoms. The van der Waals surface area contributed by atoms with Crippen molar-refractivity contribution in [3.8, 4) is 5.75 Å². The molecule has 128 valence electrons. The van der Waals surface area contributed by atoms with Crippen molar-refractivity contribution in [2.45, 2.75) is 32.8 Å². The van der Waals surface area contributed by atoms with Crippen LogP contribution in [0, 0.1) is 13.8 Å². The maximum absolute atomic E-state index is 12.4. The summed E-state index contributed by atoms with van der Waals surface area (Å²) in [7, 11) is 1.86. The Morgan fingerprint density at radius 2 is 2.12 bits per heavy atom. The van der Waals surface area contributed by atoms with Crippen molar-refractivity contribution >= 4 is 11.6 Å². The van der Waals surface area contributed by atoms with E-state index in [0.717, 1.165) is 42.3 Å². The molecule has 3 rings (SSSR count). The summed E-state index contributed by atoms with van der Waals surface area (Å²) >= 11 is 0. The zero-order valence-corrected chi connectivity index (χ0v) is 14.3. The Hall–Kier alpha value is -2.34. The zero-order chi connectivity index (χ0) is 17.1. The molecular formula is C18H23N3O3. The van der Waals surface area contributed by atoms with E-state index in [1.54, 1.807) is 16.8 Å². The number of carbonyl (C=O) groups excluding carboxylic acids is 1. The number of carbonyl (C=O) groups is 1. The molecule has 0 bridgehead atoms. The highest BCUT2D eigenvalue weighted by Crippen LogP contribution is 2.20. The fourth-order valence-electron chi connectivity index (χ4n) is 2.81. The van der Waals surface area contributed by atoms with Crippen molar-refractivity contribution in [1.82, 2.24) is 9.78 Å². The summed E-state index contributed by atoms with van der Waals surface area (Å²) in [6.45, 7) is 5.18. The fourth-order valence-corrected chi connectivity index (χ4v) is 2.81. The van der Waals surface area contributed by atoms with Crippen LogP contribution in [0.5, 0.6) is 5.75 Å². The maximum atomic E-state index is 12.4. The Morgan fingerprint density at radius 3 is 2.71 bits per heavy atom. The van der Waals surface area contributed by atoms with Gasteiger partial charge in [-0.15, -0.1) is 0 Å². The Balaban J connectivity index is 1.61. The van der Waals surface area contributed by atoms with Crippen LogP contribution in [-0.2, 0) is 11.8 Å². The van der Waals surface area contributed by atoms with Gasteiger partial charge >= 0.3 is 0 Å². The predicted molar refractivity (Wildman–Crippen MR) is 91.5 cm³/mol. The lowest BCUT2D eigenvalue weighted by Gasteiger charge is -2.12. The molecule has 1 amide bonds. The Bertz CT molecular complexity index is 716. The van der Waals surface area contributed by atoms with Gasteiger partial charge in [0, 0.05) is 19.2 Å². The summed E-state index contributed by atoms with van der Waals surface area (Å²) in [5, 5.41) is 7.23. The quantitative estimate of drug-likeness (QED) is 0.916. The summed E-state index contributed by atoms with van der Waals surface area (Å²) in [5.41, 5.74) is 3.08. The third-order valence-corrected chi connectivity index (χ3v) is 4.32. The first-order chi connectivity index (χ1) is 11.5. The second-order valence-electron chi connectivity index (χ2n) is 6.09. The van der Waals surface area contributed by atoms with Crippen LogP contribution in [0.1, 0.15) is 34.6 Å². The molecule has 0 aliphatic carbocycles. The van der Waals surface area contributed by atoms with Crippen molar-refractivity contribution in [3.05, 3.63) is 41.2 Å². The fraction of sp³-hybridized carbons (Fsp3) is 0.444. The van der Waals surface area contributed by atoms with Gasteiger partial charge in [0.25, 0.3) is 5.91 Å². The molecule has 1 N–H and O–H groups in total. The molecule has 0 radical (unpaired) electrons. The van der Waals surface area contributed by atoms with Gasteiger partial charge in [-0.2, -0.15) is 5.10 Å². The number of benzene rings is 1. The number of aromatic nitrogens is 2. The highest BCUT2D eigenvalue weighted by Gasteiger charge is 2.16. The van der Waals surface area contributed by atoms with E-state index in [2.05, 4.69) is 10.4 Å². The highest BCUT2D eigenvalue weighted by atomic mass is 16.5. The third kappa shape index (κ3) is 3.59. The van der Waals surface area contributed by atoms with Crippen LogP contribution in [0.15, 0.2) is 24.3 Å². The molecule has 2 aromatic rings. The Morgan fingerprint density at radius 1 is 1.38 bits per heavy atom. The molecule has 1 aromatic carbocycles. The van der Waals surface area contributed by atoms with Gasteiger partial charge in [-0.25, -0.2) is 0 Å². The van der Waals surface area contributed by atoms with Crippen LogP contribution < -0.4 is 10.1 Å². The summed E-state index contributed by atoms with van der Waals surface area (Å²) in [6.07, 6.45) is 2.33. The van der Waals surface area contributed by atoms with E-state index in [1.807, 2.05) is 33.0 Å². The molecule has 1 atom stereocenters. The van der Waals surface area contributed by atoms with Gasteiger partial charge in [-0.3, -0.25) is 9.48 Å². The van der Waals surface area contributed by atoms with Crippen LogP contribution in [-0.4, -0.2) is 35.0 Å². The van der Waals surface area contributed by atoms with Gasteiger partial charge in [-0.1, -0.05) is 0 Å². The summed E-state index contributed by atoms with van der Waals surface area (Å²) in [4.78, 5) is 12.4. The minimum Gasteiger partial charge on any atom is -0.491 e. The molecule has 6 heteroatoms. The smallest absolute Gasteiger partial charge is 0.255 e. The SMILES string of the molecule is Cc1nn(C)c(C)c1NC(=O)c1ccc(OCC2CCCO2)cc1. The molecule has 2 heterocycles.